The summed E-state index contributed by atoms with van der Waals surface area (Å²) in [4.78, 5) is 188. The van der Waals surface area contributed by atoms with E-state index in [9.17, 15) is 78.4 Å². The lowest BCUT2D eigenvalue weighted by Gasteiger charge is -2.43. The van der Waals surface area contributed by atoms with Crippen molar-refractivity contribution in [3.8, 4) is 34.5 Å². The van der Waals surface area contributed by atoms with Crippen molar-refractivity contribution in [3.63, 3.8) is 0 Å². The Morgan fingerprint density at radius 3 is 1.14 bits per heavy atom. The van der Waals surface area contributed by atoms with Crippen LogP contribution < -0.4 is 39.1 Å². The van der Waals surface area contributed by atoms with Crippen molar-refractivity contribution in [3.05, 3.63) is 182 Å². The van der Waals surface area contributed by atoms with E-state index in [1.54, 1.807) is 6.07 Å². The van der Waals surface area contributed by atoms with Gasteiger partial charge in [0.25, 0.3) is 11.8 Å². The number of ether oxygens (including phenoxy) is 18. The first kappa shape index (κ1) is 98.7. The maximum Gasteiger partial charge on any atom is 0.411 e. The van der Waals surface area contributed by atoms with Gasteiger partial charge >= 0.3 is 71.3 Å². The topological polar surface area (TPSA) is 532 Å². The first-order valence-corrected chi connectivity index (χ1v) is 42.4. The van der Waals surface area contributed by atoms with Gasteiger partial charge in [-0.05, 0) is 106 Å². The maximum atomic E-state index is 15.1. The Kier molecular flexibility index (Phi) is 33.4. The Bertz CT molecular complexity index is 5180. The molecule has 706 valence electrons. The largest absolute Gasteiger partial charge is 0.493 e. The molecule has 0 bridgehead atoms. The Morgan fingerprint density at radius 1 is 0.439 bits per heavy atom. The number of aliphatic hydroxyl groups is 2. The monoisotopic (exact) mass is 1880 g/mol. The fourth-order valence-corrected chi connectivity index (χ4v) is 16.9. The molecule has 4 aliphatic rings. The molecular weight excluding hydrogens is 1780 g/mol. The van der Waals surface area contributed by atoms with E-state index in [1.165, 1.54) is 83.1 Å². The molecule has 0 saturated carbocycles. The molecule has 4 N–H and O–H groups in total. The molecule has 0 radical (unpaired) electrons. The van der Waals surface area contributed by atoms with Gasteiger partial charge in [-0.1, -0.05) is 24.3 Å². The summed E-state index contributed by atoms with van der Waals surface area (Å²) in [6.45, 7) is 4.70. The van der Waals surface area contributed by atoms with Crippen LogP contribution in [-0.4, -0.2) is 235 Å². The van der Waals surface area contributed by atoms with Gasteiger partial charge in [0.05, 0.1) is 71.9 Å². The average molecular weight is 1880 g/mol. The fourth-order valence-electron chi connectivity index (χ4n) is 15.0. The van der Waals surface area contributed by atoms with E-state index in [0.29, 0.717) is 30.5 Å². The number of carbonyl (C=O) groups excluding carboxylic acids is 12. The molecule has 2 saturated heterocycles. The van der Waals surface area contributed by atoms with Crippen molar-refractivity contribution in [2.45, 2.75) is 188 Å². The van der Waals surface area contributed by atoms with Gasteiger partial charge in [0, 0.05) is 122 Å². The number of benzene rings is 5. The van der Waals surface area contributed by atoms with Gasteiger partial charge < -0.3 is 110 Å². The highest BCUT2D eigenvalue weighted by Crippen LogP contribution is 2.43. The van der Waals surface area contributed by atoms with Gasteiger partial charge in [0.2, 0.25) is 24.8 Å². The number of hydrogen-bond donors (Lipinski definition) is 4. The summed E-state index contributed by atoms with van der Waals surface area (Å²) in [5.41, 5.74) is 1.24. The second-order valence-corrected chi connectivity index (χ2v) is 32.6. The number of thiophene rings is 2. The van der Waals surface area contributed by atoms with Gasteiger partial charge in [0.1, 0.15) is 51.8 Å². The van der Waals surface area contributed by atoms with E-state index in [0.717, 1.165) is 106 Å². The quantitative estimate of drug-likeness (QED) is 0.0124. The van der Waals surface area contributed by atoms with Crippen molar-refractivity contribution < 1.29 is 163 Å². The first-order chi connectivity index (χ1) is 62.9. The predicted molar refractivity (Wildman–Crippen MR) is 455 cm³/mol. The van der Waals surface area contributed by atoms with Crippen LogP contribution in [0.3, 0.4) is 0 Å². The van der Waals surface area contributed by atoms with Gasteiger partial charge in [-0.2, -0.15) is 0 Å². The van der Waals surface area contributed by atoms with Gasteiger partial charge in [0.15, 0.2) is 58.9 Å². The second-order valence-electron chi connectivity index (χ2n) is 30.6. The molecule has 12 atom stereocenters. The Hall–Kier alpha value is -13.9. The third kappa shape index (κ3) is 25.4. The number of methoxy groups -OCH3 is 2. The smallest absolute Gasteiger partial charge is 0.411 e. The number of fused-ring (bicyclic) bond motifs is 2. The number of nitrogens with one attached hydrogen (secondary N) is 2. The SMILES string of the molecule is COc1cc(C(=O)N2Cc3ccsc3C[C@H]2CO)c(NC(=O)OCc2ccc(OC3O[C@H](COC(C)=O)[C@H](OC(C)=O)[C@H](OC(C)=O)[C@@H]3OC(C)=O)c([N+](=O)[O-])c2)cc1OCc1cc(COc2cc(NC(=O)OCc3ccc(OC4O[C@H](COC(C)=O)[C@H](OC(C)=O)[C@H](OC(C)=O)[C@@H]4OC(C)=O)c([N+](=O)[O-])c3)c(C(=O)N3Cc4ccsc4C[C@@H]3CO)cc2OC)cc(CN(C)C)c1. The number of nitro groups is 2. The van der Waals surface area contributed by atoms with Crippen molar-refractivity contribution in [2.24, 2.45) is 0 Å². The summed E-state index contributed by atoms with van der Waals surface area (Å²) in [5.74, 6) is -9.69. The summed E-state index contributed by atoms with van der Waals surface area (Å²) in [7, 11) is 6.31. The molecule has 5 aromatic carbocycles. The molecule has 45 heteroatoms. The van der Waals surface area contributed by atoms with E-state index in [4.69, 9.17) is 85.3 Å². The van der Waals surface area contributed by atoms with E-state index in [-0.39, 0.29) is 82.9 Å². The highest BCUT2D eigenvalue weighted by Gasteiger charge is 2.56. The summed E-state index contributed by atoms with van der Waals surface area (Å²) >= 11 is 2.93. The Labute approximate surface area is 760 Å². The minimum atomic E-state index is -1.87. The Morgan fingerprint density at radius 2 is 0.803 bits per heavy atom. The zero-order valence-corrected chi connectivity index (χ0v) is 74.9. The summed E-state index contributed by atoms with van der Waals surface area (Å²) in [6, 6.07) is 19.7. The molecule has 6 heterocycles. The number of nitro benzene ring substituents is 2. The van der Waals surface area contributed by atoms with Gasteiger partial charge in [-0.3, -0.25) is 78.8 Å². The molecule has 2 aromatic heterocycles. The third-order valence-corrected chi connectivity index (χ3v) is 22.5. The average Bonchev–Trinajstić information content (AvgIpc) is 1.67. The number of esters is 8. The molecule has 43 nitrogen and oxygen atoms in total. The maximum absolute atomic E-state index is 15.1. The van der Waals surface area contributed by atoms with Crippen LogP contribution in [0.5, 0.6) is 34.5 Å². The number of nitrogens with zero attached hydrogens (tertiary/aromatic N) is 5. The Balaban J connectivity index is 0.853. The molecule has 4 amide bonds. The number of anilines is 2. The van der Waals surface area contributed by atoms with Crippen LogP contribution in [0, 0.1) is 20.2 Å². The number of carbonyl (C=O) groups is 12. The molecule has 11 rings (SSSR count). The number of rotatable bonds is 36. The van der Waals surface area contributed by atoms with Crippen LogP contribution in [-0.2, 0) is 154 Å². The van der Waals surface area contributed by atoms with Crippen LogP contribution in [0.25, 0.3) is 0 Å². The molecule has 0 aliphatic carbocycles. The van der Waals surface area contributed by atoms with E-state index in [2.05, 4.69) is 10.6 Å². The molecule has 132 heavy (non-hydrogen) atoms. The van der Waals surface area contributed by atoms with Crippen molar-refractivity contribution >= 4 is 117 Å². The van der Waals surface area contributed by atoms with E-state index >= 15 is 9.59 Å². The molecule has 0 spiro atoms. The zero-order valence-electron chi connectivity index (χ0n) is 73.3. The summed E-state index contributed by atoms with van der Waals surface area (Å²) in [5, 5.41) is 56.1. The third-order valence-electron chi connectivity index (χ3n) is 20.5. The second kappa shape index (κ2) is 44.6. The van der Waals surface area contributed by atoms with Crippen LogP contribution in [0.15, 0.2) is 102 Å². The highest BCUT2D eigenvalue weighted by molar-refractivity contribution is 7.10. The normalized spacial score (nSPS) is 20.1. The van der Waals surface area contributed by atoms with Crippen LogP contribution >= 0.6 is 22.7 Å². The van der Waals surface area contributed by atoms with Crippen LogP contribution in [0.2, 0.25) is 0 Å². The van der Waals surface area contributed by atoms with Crippen LogP contribution in [0.1, 0.15) is 125 Å². The first-order valence-electron chi connectivity index (χ1n) is 40.6. The van der Waals surface area contributed by atoms with E-state index < -0.39 is 218 Å². The summed E-state index contributed by atoms with van der Waals surface area (Å²) < 4.78 is 103. The van der Waals surface area contributed by atoms with E-state index in [1.807, 2.05) is 54.0 Å². The predicted octanol–water partition coefficient (Wildman–Crippen LogP) is 8.40. The zero-order chi connectivity index (χ0) is 95.6. The summed E-state index contributed by atoms with van der Waals surface area (Å²) in [6.07, 6.45) is -18.6. The van der Waals surface area contributed by atoms with Crippen molar-refractivity contribution in [1.82, 2.24) is 14.7 Å². The number of amides is 4. The minimum absolute atomic E-state index is 0.00271. The van der Waals surface area contributed by atoms with Gasteiger partial charge in [-0.25, -0.2) is 9.59 Å². The van der Waals surface area contributed by atoms with Gasteiger partial charge in [-0.15, -0.1) is 22.7 Å². The minimum Gasteiger partial charge on any atom is -0.493 e. The molecule has 7 aromatic rings. The van der Waals surface area contributed by atoms with Crippen molar-refractivity contribution in [2.75, 3.05) is 65.4 Å². The lowest BCUT2D eigenvalue weighted by Crippen LogP contribution is -2.63. The van der Waals surface area contributed by atoms with Crippen LogP contribution in [0.4, 0.5) is 32.3 Å². The fraction of sp³-hybridized carbons (Fsp3) is 0.425. The number of aliphatic hydroxyl groups excluding tert-OH is 2. The molecular formula is C87H95N7O36S2. The van der Waals surface area contributed by atoms with Crippen molar-refractivity contribution in [1.29, 1.82) is 0 Å². The lowest BCUT2D eigenvalue weighted by molar-refractivity contribution is -0.387. The molecule has 4 aliphatic heterocycles. The number of hydrogen-bond acceptors (Lipinski definition) is 39. The standard InChI is InChI=1S/C87H95N7O36S2/c1-43(97)115-41-72-76(121-45(3)99)78(123-47(5)101)80(125-49(7)103)84(129-72)127-66-15-13-51(24-64(66)93(109)110)37-119-86(107)88-62-30-70(68(113-11)28-60(62)82(105)91-33-56-17-19-131-74(56)26-58(91)35-95)117-39-54-21-53(32-90(9)10)22-55(23-54)40-118-71-31-63(61(29-69(71)114-12)83(106)92-34-57-18-20-132-75(57)27-59(92)36-96)89-87(108)120-38-52-14-16-67(65(25-52)94(111)112)128-85-81(126-50(8)104)79(124-48(6)102)77(122-46(4)100)73(130-85)42-116-44(2)98/h13-25,28-31,58-59,72-73,76-81,84-85,95-96H,26-27,32-42H2,1-12H3,(H,88,107)(H,89,108)/t58-,59+,72-,73-,76+,77+,78+,79+,80+,81+,84?,85?/m1/s1. The lowest BCUT2D eigenvalue weighted by atomic mass is 9.98. The molecule has 2 fully saturated rings. The molecule has 2 unspecified atom stereocenters. The highest BCUT2D eigenvalue weighted by atomic mass is 32.1.